The molecule has 2 atom stereocenters. The van der Waals surface area contributed by atoms with Gasteiger partial charge in [-0.3, -0.25) is 9.59 Å². The van der Waals surface area contributed by atoms with Crippen LogP contribution >= 0.6 is 0 Å². The third-order valence-electron chi connectivity index (χ3n) is 6.32. The number of aliphatic hydroxyl groups is 1. The van der Waals surface area contributed by atoms with Gasteiger partial charge in [0, 0.05) is 23.2 Å². The van der Waals surface area contributed by atoms with Crippen molar-refractivity contribution in [3.05, 3.63) is 77.5 Å². The van der Waals surface area contributed by atoms with Crippen molar-refractivity contribution in [3.8, 4) is 11.1 Å². The predicted molar refractivity (Wildman–Crippen MR) is 114 cm³/mol. The Balaban J connectivity index is 1.28. The number of halogens is 2. The number of oxazole rings is 1. The number of alkyl halides is 2. The van der Waals surface area contributed by atoms with E-state index in [0.717, 1.165) is 0 Å². The van der Waals surface area contributed by atoms with Crippen molar-refractivity contribution in [1.29, 1.82) is 0 Å². The second kappa shape index (κ2) is 8.08. The van der Waals surface area contributed by atoms with Crippen LogP contribution in [-0.2, 0) is 10.7 Å². The summed E-state index contributed by atoms with van der Waals surface area (Å²) in [6.45, 7) is -0.169. The number of nitrogens with one attached hydrogen (secondary N) is 1. The Bertz CT molecular complexity index is 1210. The minimum Gasteiger partial charge on any atom is -0.449 e. The van der Waals surface area contributed by atoms with Gasteiger partial charge in [-0.2, -0.15) is 8.78 Å². The number of carbonyl (C=O) groups excluding carboxylic acids is 2. The molecule has 170 valence electrons. The molecule has 1 aromatic heterocycles. The fourth-order valence-electron chi connectivity index (χ4n) is 4.69. The van der Waals surface area contributed by atoms with Crippen molar-refractivity contribution in [2.75, 3.05) is 19.7 Å². The zero-order valence-electron chi connectivity index (χ0n) is 17.5. The molecule has 7 nitrogen and oxygen atoms in total. The zero-order valence-corrected chi connectivity index (χ0v) is 17.5. The molecule has 1 aliphatic heterocycles. The number of hydrogen-bond acceptors (Lipinski definition) is 5. The number of benzene rings is 2. The third-order valence-corrected chi connectivity index (χ3v) is 6.32. The molecule has 1 fully saturated rings. The zero-order chi connectivity index (χ0) is 23.2. The molecule has 2 aliphatic rings. The summed E-state index contributed by atoms with van der Waals surface area (Å²) in [6.07, 6.45) is 3.49. The van der Waals surface area contributed by atoms with E-state index in [0.29, 0.717) is 30.0 Å². The molecule has 3 aromatic rings. The lowest BCUT2D eigenvalue weighted by atomic mass is 10.0. The van der Waals surface area contributed by atoms with Gasteiger partial charge < -0.3 is 19.7 Å². The Morgan fingerprint density at radius 2 is 1.97 bits per heavy atom. The number of amides is 2. The van der Waals surface area contributed by atoms with Crippen molar-refractivity contribution < 1.29 is 27.9 Å². The molecular weight excluding hydrogens is 432 g/mol. The van der Waals surface area contributed by atoms with Crippen LogP contribution in [0.2, 0.25) is 0 Å². The van der Waals surface area contributed by atoms with Gasteiger partial charge in [-0.05, 0) is 29.7 Å². The maximum atomic E-state index is 14.7. The van der Waals surface area contributed by atoms with E-state index in [-0.39, 0.29) is 41.7 Å². The highest BCUT2D eigenvalue weighted by Gasteiger charge is 2.44. The summed E-state index contributed by atoms with van der Waals surface area (Å²) in [5.41, 5.74) is 0.660. The lowest BCUT2D eigenvalue weighted by Crippen LogP contribution is -2.44. The molecule has 1 saturated heterocycles. The molecule has 0 bridgehead atoms. The molecule has 2 N–H and O–H groups in total. The molecule has 2 aromatic carbocycles. The van der Waals surface area contributed by atoms with Crippen LogP contribution in [0.4, 0.5) is 8.78 Å². The minimum atomic E-state index is -3.12. The lowest BCUT2D eigenvalue weighted by molar-refractivity contribution is -0.131. The highest BCUT2D eigenvalue weighted by molar-refractivity contribution is 5.98. The Hall–Kier alpha value is -3.59. The van der Waals surface area contributed by atoms with Crippen molar-refractivity contribution >= 4 is 11.8 Å². The molecule has 2 heterocycles. The first-order chi connectivity index (χ1) is 15.9. The largest absolute Gasteiger partial charge is 0.449 e. The normalized spacial score (nSPS) is 20.4. The fraction of sp³-hybridized carbons (Fsp3) is 0.292. The first-order valence-corrected chi connectivity index (χ1v) is 10.6. The average Bonchev–Trinajstić information content (AvgIpc) is 3.55. The van der Waals surface area contributed by atoms with Crippen molar-refractivity contribution in [2.24, 2.45) is 0 Å². The van der Waals surface area contributed by atoms with Gasteiger partial charge in [0.15, 0.2) is 5.89 Å². The van der Waals surface area contributed by atoms with E-state index in [4.69, 9.17) is 4.42 Å². The quantitative estimate of drug-likeness (QED) is 0.620. The Morgan fingerprint density at radius 3 is 2.73 bits per heavy atom. The van der Waals surface area contributed by atoms with Gasteiger partial charge in [0.25, 0.3) is 11.8 Å². The van der Waals surface area contributed by atoms with E-state index in [1.54, 1.807) is 18.2 Å². The average molecular weight is 453 g/mol. The molecule has 0 saturated carbocycles. The number of carbonyl (C=O) groups is 2. The summed E-state index contributed by atoms with van der Waals surface area (Å²) in [5, 5.41) is 12.2. The number of aromatic nitrogens is 1. The molecule has 5 rings (SSSR count). The molecular formula is C24H21F2N3O4. The Kier molecular flexibility index (Phi) is 5.20. The molecule has 0 spiro atoms. The summed E-state index contributed by atoms with van der Waals surface area (Å²) < 4.78 is 34.7. The van der Waals surface area contributed by atoms with E-state index in [1.807, 2.05) is 0 Å². The van der Waals surface area contributed by atoms with Crippen LogP contribution in [0.1, 0.15) is 39.7 Å². The first-order valence-electron chi connectivity index (χ1n) is 10.6. The number of rotatable bonds is 5. The summed E-state index contributed by atoms with van der Waals surface area (Å²) >= 11 is 0. The molecule has 1 unspecified atom stereocenters. The summed E-state index contributed by atoms with van der Waals surface area (Å²) in [4.78, 5) is 31.1. The van der Waals surface area contributed by atoms with E-state index >= 15 is 0 Å². The smallest absolute Gasteiger partial charge is 0.299 e. The monoisotopic (exact) mass is 453 g/mol. The fourth-order valence-corrected chi connectivity index (χ4v) is 4.69. The van der Waals surface area contributed by atoms with Gasteiger partial charge in [0.1, 0.15) is 6.26 Å². The maximum Gasteiger partial charge on any atom is 0.299 e. The highest BCUT2D eigenvalue weighted by Crippen LogP contribution is 2.50. The molecule has 33 heavy (non-hydrogen) atoms. The highest BCUT2D eigenvalue weighted by atomic mass is 19.3. The number of aliphatic hydroxyl groups excluding tert-OH is 1. The number of hydrogen-bond donors (Lipinski definition) is 2. The van der Waals surface area contributed by atoms with Gasteiger partial charge in [-0.1, -0.05) is 30.3 Å². The van der Waals surface area contributed by atoms with E-state index < -0.39 is 17.9 Å². The Morgan fingerprint density at radius 1 is 1.18 bits per heavy atom. The van der Waals surface area contributed by atoms with Crippen LogP contribution in [0.15, 0.2) is 59.3 Å². The van der Waals surface area contributed by atoms with Crippen LogP contribution in [-0.4, -0.2) is 52.5 Å². The van der Waals surface area contributed by atoms with E-state index in [9.17, 15) is 23.5 Å². The third kappa shape index (κ3) is 3.58. The summed E-state index contributed by atoms with van der Waals surface area (Å²) in [7, 11) is 0. The van der Waals surface area contributed by atoms with Gasteiger partial charge in [-0.25, -0.2) is 4.98 Å². The second-order valence-electron chi connectivity index (χ2n) is 8.25. The van der Waals surface area contributed by atoms with E-state index in [1.165, 1.54) is 41.6 Å². The topological polar surface area (TPSA) is 95.7 Å². The summed E-state index contributed by atoms with van der Waals surface area (Å²) in [6, 6.07) is 9.85. The molecule has 0 radical (unpaired) electrons. The lowest BCUT2D eigenvalue weighted by Gasteiger charge is -2.23. The molecule has 1 aliphatic carbocycles. The van der Waals surface area contributed by atoms with E-state index in [2.05, 4.69) is 10.3 Å². The number of likely N-dealkylation sites (tertiary alicyclic amines) is 1. The van der Waals surface area contributed by atoms with Crippen LogP contribution < -0.4 is 5.32 Å². The van der Waals surface area contributed by atoms with Gasteiger partial charge in [0.2, 0.25) is 5.91 Å². The van der Waals surface area contributed by atoms with Gasteiger partial charge in [0.05, 0.1) is 31.3 Å². The van der Waals surface area contributed by atoms with Crippen LogP contribution in [0.3, 0.4) is 0 Å². The van der Waals surface area contributed by atoms with Crippen molar-refractivity contribution in [3.63, 3.8) is 0 Å². The van der Waals surface area contributed by atoms with Crippen LogP contribution in [0.5, 0.6) is 0 Å². The maximum absolute atomic E-state index is 14.7. The predicted octanol–water partition coefficient (Wildman–Crippen LogP) is 2.90. The molecule has 2 amide bonds. The van der Waals surface area contributed by atoms with Gasteiger partial charge in [-0.15, -0.1) is 0 Å². The van der Waals surface area contributed by atoms with Crippen molar-refractivity contribution in [2.45, 2.75) is 24.3 Å². The molecule has 9 heteroatoms. The number of fused-ring (bicyclic) bond motifs is 3. The SMILES string of the molecule is O=C(NCC(=O)N1CC(c2ncco2)C[C@H]1CO)c1ccc2c(c1)-c1ccccc1C2(F)F. The van der Waals surface area contributed by atoms with Crippen LogP contribution in [0.25, 0.3) is 11.1 Å². The first kappa shape index (κ1) is 21.3. The summed E-state index contributed by atoms with van der Waals surface area (Å²) in [5.74, 6) is -3.64. The van der Waals surface area contributed by atoms with Crippen LogP contribution in [0, 0.1) is 0 Å². The Labute approximate surface area is 188 Å². The van der Waals surface area contributed by atoms with Crippen molar-refractivity contribution in [1.82, 2.24) is 15.2 Å². The standard InChI is InChI=1S/C24H21F2N3O4/c25-24(26)19-4-2-1-3-17(19)18-10-14(5-6-20(18)24)22(32)28-11-21(31)29-12-15(9-16(29)13-30)23-27-7-8-33-23/h1-8,10,15-16,30H,9,11-13H2,(H,28,32)/t15?,16-/m0/s1. The van der Waals surface area contributed by atoms with Gasteiger partial charge >= 0.3 is 0 Å². The number of nitrogens with zero attached hydrogens (tertiary/aromatic N) is 2. The second-order valence-corrected chi connectivity index (χ2v) is 8.25. The minimum absolute atomic E-state index is 0.0857.